The lowest BCUT2D eigenvalue weighted by Gasteiger charge is -2.28. The van der Waals surface area contributed by atoms with Gasteiger partial charge < -0.3 is 14.6 Å². The Morgan fingerprint density at radius 2 is 1.71 bits per heavy atom. The van der Waals surface area contributed by atoms with Gasteiger partial charge in [0, 0.05) is 48.9 Å². The first-order chi connectivity index (χ1) is 19.9. The summed E-state index contributed by atoms with van der Waals surface area (Å²) < 4.78 is 72.6. The molecule has 0 fully saturated rings. The van der Waals surface area contributed by atoms with Crippen molar-refractivity contribution in [3.8, 4) is 0 Å². The normalized spacial score (nSPS) is 12.3. The monoisotopic (exact) mass is 641 g/mol. The average Bonchev–Trinajstić information content (AvgIpc) is 3.37. The van der Waals surface area contributed by atoms with E-state index in [4.69, 9.17) is 27.9 Å². The van der Waals surface area contributed by atoms with Crippen molar-refractivity contribution < 1.29 is 31.1 Å². The molecule has 0 aliphatic rings. The minimum Gasteiger partial charge on any atom is -0.383 e. The molecule has 1 heterocycles. The predicted octanol–water partition coefficient (Wildman–Crippen LogP) is 6.40. The maximum absolute atomic E-state index is 13.7. The summed E-state index contributed by atoms with van der Waals surface area (Å²) in [6.07, 6.45) is -2.25. The molecule has 0 saturated carbocycles. The molecule has 1 N–H and O–H groups in total. The molecule has 1 aromatic heterocycles. The zero-order valence-corrected chi connectivity index (χ0v) is 24.8. The van der Waals surface area contributed by atoms with Crippen LogP contribution in [-0.2, 0) is 38.7 Å². The van der Waals surface area contributed by atoms with Crippen molar-refractivity contribution in [3.63, 3.8) is 0 Å². The molecule has 13 heteroatoms. The molecular formula is C29H28Cl2F3N3O4S. The van der Waals surface area contributed by atoms with Crippen molar-refractivity contribution in [1.82, 2.24) is 14.2 Å². The van der Waals surface area contributed by atoms with Crippen molar-refractivity contribution in [2.45, 2.75) is 24.0 Å². The predicted molar refractivity (Wildman–Crippen MR) is 156 cm³/mol. The molecule has 0 spiro atoms. The fourth-order valence-corrected chi connectivity index (χ4v) is 6.56. The van der Waals surface area contributed by atoms with E-state index in [9.17, 15) is 26.4 Å². The number of aromatic amines is 1. The topological polar surface area (TPSA) is 82.7 Å². The number of para-hydroxylation sites is 1. The summed E-state index contributed by atoms with van der Waals surface area (Å²) in [6, 6.07) is 16.2. The van der Waals surface area contributed by atoms with E-state index >= 15 is 0 Å². The number of alkyl halides is 3. The third-order valence-corrected chi connectivity index (χ3v) is 9.26. The molecule has 7 nitrogen and oxygen atoms in total. The number of H-pyrrole nitrogens is 1. The second-order valence-electron chi connectivity index (χ2n) is 9.53. The zero-order valence-electron chi connectivity index (χ0n) is 22.5. The van der Waals surface area contributed by atoms with E-state index < -0.39 is 34.2 Å². The van der Waals surface area contributed by atoms with Crippen LogP contribution in [0.15, 0.2) is 77.8 Å². The summed E-state index contributed by atoms with van der Waals surface area (Å²) in [5.74, 6) is -0.549. The lowest BCUT2D eigenvalue weighted by Crippen LogP contribution is -2.44. The number of rotatable bonds is 12. The van der Waals surface area contributed by atoms with E-state index in [1.807, 2.05) is 30.5 Å². The van der Waals surface area contributed by atoms with Crippen molar-refractivity contribution in [2.75, 3.05) is 33.4 Å². The number of nitrogens with zero attached hydrogens (tertiary/aromatic N) is 2. The molecule has 0 atom stereocenters. The van der Waals surface area contributed by atoms with Crippen LogP contribution in [0.25, 0.3) is 10.9 Å². The van der Waals surface area contributed by atoms with Gasteiger partial charge in [-0.1, -0.05) is 53.5 Å². The highest BCUT2D eigenvalue weighted by molar-refractivity contribution is 7.89. The van der Waals surface area contributed by atoms with Crippen LogP contribution in [-0.4, -0.2) is 61.9 Å². The highest BCUT2D eigenvalue weighted by Crippen LogP contribution is 2.30. The van der Waals surface area contributed by atoms with Gasteiger partial charge in [0.1, 0.15) is 4.90 Å². The third-order valence-electron chi connectivity index (χ3n) is 6.70. The smallest absolute Gasteiger partial charge is 0.383 e. The Bertz CT molecular complexity index is 1640. The minimum absolute atomic E-state index is 0.00105. The van der Waals surface area contributed by atoms with Crippen LogP contribution in [0, 0.1) is 0 Å². The molecule has 0 saturated heterocycles. The second kappa shape index (κ2) is 13.5. The Hall–Kier alpha value is -3.09. The van der Waals surface area contributed by atoms with Gasteiger partial charge in [0.2, 0.25) is 15.9 Å². The number of ether oxygens (including phenoxy) is 1. The molecule has 0 bridgehead atoms. The molecule has 4 aromatic rings. The number of carbonyl (C=O) groups is 1. The number of aromatic nitrogens is 1. The largest absolute Gasteiger partial charge is 0.416 e. The van der Waals surface area contributed by atoms with Gasteiger partial charge in [-0.05, 0) is 53.9 Å². The van der Waals surface area contributed by atoms with E-state index in [2.05, 4.69) is 4.98 Å². The first-order valence-corrected chi connectivity index (χ1v) is 15.0. The van der Waals surface area contributed by atoms with Crippen molar-refractivity contribution in [2.24, 2.45) is 0 Å². The molecule has 0 aliphatic carbocycles. The number of methoxy groups -OCH3 is 1. The van der Waals surface area contributed by atoms with Gasteiger partial charge in [-0.2, -0.15) is 17.5 Å². The van der Waals surface area contributed by atoms with E-state index in [1.165, 1.54) is 42.3 Å². The van der Waals surface area contributed by atoms with Gasteiger partial charge in [0.15, 0.2) is 0 Å². The summed E-state index contributed by atoms with van der Waals surface area (Å²) in [5.41, 5.74) is 1.51. The number of carbonyl (C=O) groups excluding carboxylic acids is 1. The Morgan fingerprint density at radius 1 is 1.00 bits per heavy atom. The summed E-state index contributed by atoms with van der Waals surface area (Å²) in [4.78, 5) is 18.1. The number of sulfonamides is 1. The standard InChI is InChI=1S/C29H28Cl2F3N3O4S/c1-41-15-14-37(42(39,40)27-16-23(30)10-11-25(27)31)19-28(38)36(18-20-6-8-22(9-7-20)29(32,33)34)13-12-21-17-35-26-5-3-2-4-24(21)26/h2-11,16-17,35H,12-15,18-19H2,1H3. The van der Waals surface area contributed by atoms with Crippen molar-refractivity contribution in [1.29, 1.82) is 0 Å². The second-order valence-corrected chi connectivity index (χ2v) is 12.3. The van der Waals surface area contributed by atoms with Crippen LogP contribution < -0.4 is 0 Å². The number of nitrogens with one attached hydrogen (secondary N) is 1. The Labute approximate surface area is 251 Å². The Morgan fingerprint density at radius 3 is 2.40 bits per heavy atom. The van der Waals surface area contributed by atoms with Crippen LogP contribution in [0.1, 0.15) is 16.7 Å². The van der Waals surface area contributed by atoms with Crippen LogP contribution in [0.2, 0.25) is 10.0 Å². The molecule has 0 aliphatic heterocycles. The molecule has 0 radical (unpaired) electrons. The number of fused-ring (bicyclic) bond motifs is 1. The molecular weight excluding hydrogens is 614 g/mol. The number of hydrogen-bond acceptors (Lipinski definition) is 4. The fourth-order valence-electron chi connectivity index (χ4n) is 4.45. The highest BCUT2D eigenvalue weighted by atomic mass is 35.5. The van der Waals surface area contributed by atoms with Crippen LogP contribution >= 0.6 is 23.2 Å². The molecule has 1 amide bonds. The molecule has 42 heavy (non-hydrogen) atoms. The number of halogens is 5. The van der Waals surface area contributed by atoms with Crippen molar-refractivity contribution in [3.05, 3.63) is 99.7 Å². The SMILES string of the molecule is COCCN(CC(=O)N(CCc1c[nH]c2ccccc12)Cc1ccc(C(F)(F)F)cc1)S(=O)(=O)c1cc(Cl)ccc1Cl. The summed E-state index contributed by atoms with van der Waals surface area (Å²) in [5, 5.41) is 1.06. The first-order valence-electron chi connectivity index (χ1n) is 12.8. The van der Waals surface area contributed by atoms with Crippen LogP contribution in [0.4, 0.5) is 13.2 Å². The van der Waals surface area contributed by atoms with Gasteiger partial charge in [0.25, 0.3) is 0 Å². The van der Waals surface area contributed by atoms with Gasteiger partial charge >= 0.3 is 6.18 Å². The number of hydrogen-bond donors (Lipinski definition) is 1. The van der Waals surface area contributed by atoms with Gasteiger partial charge in [-0.25, -0.2) is 8.42 Å². The van der Waals surface area contributed by atoms with Gasteiger partial charge in [-0.3, -0.25) is 4.79 Å². The first kappa shape index (κ1) is 31.8. The Balaban J connectivity index is 1.62. The highest BCUT2D eigenvalue weighted by Gasteiger charge is 2.32. The molecule has 224 valence electrons. The van der Waals surface area contributed by atoms with E-state index in [-0.39, 0.29) is 41.2 Å². The Kier molecular flexibility index (Phi) is 10.2. The van der Waals surface area contributed by atoms with E-state index in [0.717, 1.165) is 32.9 Å². The van der Waals surface area contributed by atoms with Crippen molar-refractivity contribution >= 4 is 50.0 Å². The van der Waals surface area contributed by atoms with Gasteiger partial charge in [-0.15, -0.1) is 0 Å². The van der Waals surface area contributed by atoms with Crippen LogP contribution in [0.5, 0.6) is 0 Å². The lowest BCUT2D eigenvalue weighted by molar-refractivity contribution is -0.137. The average molecular weight is 643 g/mol. The van der Waals surface area contributed by atoms with E-state index in [0.29, 0.717) is 12.0 Å². The summed E-state index contributed by atoms with van der Waals surface area (Å²) in [6.45, 7) is -0.556. The molecule has 3 aromatic carbocycles. The molecule has 0 unspecified atom stereocenters. The zero-order chi connectivity index (χ0) is 30.5. The summed E-state index contributed by atoms with van der Waals surface area (Å²) in [7, 11) is -2.88. The fraction of sp³-hybridized carbons (Fsp3) is 0.276. The maximum atomic E-state index is 13.7. The van der Waals surface area contributed by atoms with Crippen LogP contribution in [0.3, 0.4) is 0 Å². The quantitative estimate of drug-likeness (QED) is 0.194. The number of benzene rings is 3. The third kappa shape index (κ3) is 7.64. The van der Waals surface area contributed by atoms with E-state index in [1.54, 1.807) is 0 Å². The molecule has 4 rings (SSSR count). The lowest BCUT2D eigenvalue weighted by atomic mass is 10.1. The summed E-state index contributed by atoms with van der Waals surface area (Å²) >= 11 is 12.2. The number of amides is 1. The van der Waals surface area contributed by atoms with Gasteiger partial charge in [0.05, 0.1) is 23.7 Å². The maximum Gasteiger partial charge on any atom is 0.416 e. The minimum atomic E-state index is -4.50.